The number of benzene rings is 1. The van der Waals surface area contributed by atoms with E-state index in [1.54, 1.807) is 24.3 Å². The van der Waals surface area contributed by atoms with Crippen LogP contribution in [0, 0.1) is 0 Å². The van der Waals surface area contributed by atoms with Crippen LogP contribution in [0.2, 0.25) is 5.02 Å². The number of allylic oxidation sites excluding steroid dienone is 2. The summed E-state index contributed by atoms with van der Waals surface area (Å²) in [6, 6.07) is 6.80. The van der Waals surface area contributed by atoms with Gasteiger partial charge >= 0.3 is 0 Å². The number of nitrogens with zero attached hydrogens (tertiary/aromatic N) is 2. The number of rotatable bonds is 2. The molecule has 82 valence electrons. The lowest BCUT2D eigenvalue weighted by atomic mass is 10.3. The van der Waals surface area contributed by atoms with Crippen LogP contribution >= 0.6 is 11.6 Å². The number of halogens is 1. The summed E-state index contributed by atoms with van der Waals surface area (Å²) in [4.78, 5) is 11.3. The second kappa shape index (κ2) is 4.45. The molecule has 1 N–H and O–H groups in total. The summed E-state index contributed by atoms with van der Waals surface area (Å²) in [7, 11) is 0. The molecule has 0 saturated carbocycles. The van der Waals surface area contributed by atoms with Gasteiger partial charge in [0, 0.05) is 17.9 Å². The number of Topliss-reactive ketones (excluding diaryl/α,β-unsaturated/α-hetero) is 1. The molecule has 0 bridgehead atoms. The summed E-state index contributed by atoms with van der Waals surface area (Å²) in [6.45, 7) is 0. The molecule has 0 spiro atoms. The van der Waals surface area contributed by atoms with Crippen molar-refractivity contribution in [2.24, 2.45) is 10.2 Å². The van der Waals surface area contributed by atoms with E-state index in [1.165, 1.54) is 0 Å². The van der Waals surface area contributed by atoms with Gasteiger partial charge in [-0.05, 0) is 18.2 Å². The molecule has 0 radical (unpaired) electrons. The molecule has 0 aliphatic heterocycles. The molecule has 0 saturated heterocycles. The van der Waals surface area contributed by atoms with Crippen molar-refractivity contribution in [3.05, 3.63) is 40.7 Å². The van der Waals surface area contributed by atoms with Gasteiger partial charge in [-0.2, -0.15) is 5.11 Å². The van der Waals surface area contributed by atoms with E-state index in [0.29, 0.717) is 23.6 Å². The van der Waals surface area contributed by atoms with Gasteiger partial charge in [0.15, 0.2) is 11.5 Å². The minimum Gasteiger partial charge on any atom is -0.510 e. The fraction of sp³-hybridized carbons (Fsp3) is 0.182. The second-order valence-electron chi connectivity index (χ2n) is 3.40. The molecule has 1 aromatic carbocycles. The number of hydrogen-bond acceptors (Lipinski definition) is 4. The summed E-state index contributed by atoms with van der Waals surface area (Å²) < 4.78 is 0. The quantitative estimate of drug-likeness (QED) is 0.798. The summed E-state index contributed by atoms with van der Waals surface area (Å²) in [6.07, 6.45) is 0.651. The van der Waals surface area contributed by atoms with Crippen molar-refractivity contribution >= 4 is 23.1 Å². The molecular formula is C11H9ClN2O2. The standard InChI is InChI=1S/C11H9ClN2O2/c12-7-2-1-3-8(6-7)13-14-11-9(15)4-5-10(11)16/h1-3,6,15H,4-5H2. The van der Waals surface area contributed by atoms with E-state index in [2.05, 4.69) is 10.2 Å². The Kier molecular flexibility index (Phi) is 3.01. The molecule has 0 fully saturated rings. The Morgan fingerprint density at radius 3 is 2.69 bits per heavy atom. The normalized spacial score (nSPS) is 16.4. The lowest BCUT2D eigenvalue weighted by molar-refractivity contribution is -0.114. The largest absolute Gasteiger partial charge is 0.510 e. The Bertz CT molecular complexity index is 495. The van der Waals surface area contributed by atoms with Gasteiger partial charge in [-0.25, -0.2) is 0 Å². The monoisotopic (exact) mass is 236 g/mol. The summed E-state index contributed by atoms with van der Waals surface area (Å²) >= 11 is 5.77. The van der Waals surface area contributed by atoms with Crippen molar-refractivity contribution in [2.45, 2.75) is 12.8 Å². The smallest absolute Gasteiger partial charge is 0.186 e. The first kappa shape index (κ1) is 10.8. The third-order valence-electron chi connectivity index (χ3n) is 2.20. The molecule has 0 amide bonds. The SMILES string of the molecule is O=C1CCC(O)=C1N=Nc1cccc(Cl)c1. The summed E-state index contributed by atoms with van der Waals surface area (Å²) in [5.41, 5.74) is 0.604. The van der Waals surface area contributed by atoms with E-state index >= 15 is 0 Å². The Morgan fingerprint density at radius 1 is 1.25 bits per heavy atom. The molecule has 5 heteroatoms. The average molecular weight is 237 g/mol. The topological polar surface area (TPSA) is 62.0 Å². The highest BCUT2D eigenvalue weighted by Gasteiger charge is 2.22. The van der Waals surface area contributed by atoms with Gasteiger partial charge in [0.25, 0.3) is 0 Å². The van der Waals surface area contributed by atoms with Crippen LogP contribution in [0.3, 0.4) is 0 Å². The molecule has 2 rings (SSSR count). The van der Waals surface area contributed by atoms with E-state index < -0.39 is 0 Å². The Labute approximate surface area is 97.3 Å². The Hall–Kier alpha value is -1.68. The average Bonchev–Trinajstić information content (AvgIpc) is 2.56. The van der Waals surface area contributed by atoms with E-state index in [0.717, 1.165) is 0 Å². The molecule has 0 heterocycles. The van der Waals surface area contributed by atoms with Crippen molar-refractivity contribution in [3.8, 4) is 0 Å². The predicted octanol–water partition coefficient (Wildman–Crippen LogP) is 3.56. The van der Waals surface area contributed by atoms with E-state index in [4.69, 9.17) is 11.6 Å². The maximum Gasteiger partial charge on any atom is 0.186 e. The lowest BCUT2D eigenvalue weighted by Crippen LogP contribution is -1.92. The van der Waals surface area contributed by atoms with Crippen LogP contribution in [-0.2, 0) is 4.79 Å². The van der Waals surface area contributed by atoms with Gasteiger partial charge < -0.3 is 5.11 Å². The number of hydrogen-bond donors (Lipinski definition) is 1. The third-order valence-corrected chi connectivity index (χ3v) is 2.44. The molecule has 1 aliphatic carbocycles. The van der Waals surface area contributed by atoms with Crippen LogP contribution in [0.5, 0.6) is 0 Å². The molecule has 0 unspecified atom stereocenters. The van der Waals surface area contributed by atoms with Crippen molar-refractivity contribution in [1.29, 1.82) is 0 Å². The maximum absolute atomic E-state index is 11.3. The summed E-state index contributed by atoms with van der Waals surface area (Å²) in [5, 5.41) is 17.5. The van der Waals surface area contributed by atoms with E-state index in [-0.39, 0.29) is 17.2 Å². The first-order chi connectivity index (χ1) is 7.66. The first-order valence-corrected chi connectivity index (χ1v) is 5.17. The van der Waals surface area contributed by atoms with Crippen molar-refractivity contribution in [1.82, 2.24) is 0 Å². The number of ketones is 1. The maximum atomic E-state index is 11.3. The molecule has 16 heavy (non-hydrogen) atoms. The van der Waals surface area contributed by atoms with Gasteiger partial charge in [0.1, 0.15) is 5.76 Å². The number of azo groups is 1. The number of carbonyl (C=O) groups is 1. The molecule has 1 aliphatic rings. The van der Waals surface area contributed by atoms with Gasteiger partial charge in [0.2, 0.25) is 0 Å². The van der Waals surface area contributed by atoms with Gasteiger partial charge in [0.05, 0.1) is 5.69 Å². The zero-order valence-electron chi connectivity index (χ0n) is 8.35. The van der Waals surface area contributed by atoms with Crippen LogP contribution < -0.4 is 0 Å². The van der Waals surface area contributed by atoms with Crippen LogP contribution in [-0.4, -0.2) is 10.9 Å². The van der Waals surface area contributed by atoms with Gasteiger partial charge in [-0.15, -0.1) is 5.11 Å². The zero-order valence-corrected chi connectivity index (χ0v) is 9.11. The predicted molar refractivity (Wildman–Crippen MR) is 59.9 cm³/mol. The minimum absolute atomic E-state index is 0.00998. The second-order valence-corrected chi connectivity index (χ2v) is 3.83. The highest BCUT2D eigenvalue weighted by molar-refractivity contribution is 6.30. The first-order valence-electron chi connectivity index (χ1n) is 4.79. The van der Waals surface area contributed by atoms with Crippen LogP contribution in [0.4, 0.5) is 5.69 Å². The van der Waals surface area contributed by atoms with E-state index in [9.17, 15) is 9.90 Å². The molecule has 0 atom stereocenters. The Morgan fingerprint density at radius 2 is 2.06 bits per heavy atom. The van der Waals surface area contributed by atoms with Gasteiger partial charge in [-0.1, -0.05) is 17.7 Å². The number of aliphatic hydroxyl groups excluding tert-OH is 1. The highest BCUT2D eigenvalue weighted by Crippen LogP contribution is 2.24. The summed E-state index contributed by atoms with van der Waals surface area (Å²) in [5.74, 6) is -0.168. The Balaban J connectivity index is 2.22. The fourth-order valence-electron chi connectivity index (χ4n) is 1.39. The zero-order chi connectivity index (χ0) is 11.5. The van der Waals surface area contributed by atoms with Crippen molar-refractivity contribution in [2.75, 3.05) is 0 Å². The van der Waals surface area contributed by atoms with Crippen molar-refractivity contribution < 1.29 is 9.90 Å². The fourth-order valence-corrected chi connectivity index (χ4v) is 1.57. The number of carbonyl (C=O) groups excluding carboxylic acids is 1. The van der Waals surface area contributed by atoms with Crippen LogP contribution in [0.1, 0.15) is 12.8 Å². The lowest BCUT2D eigenvalue weighted by Gasteiger charge is -1.94. The molecular weight excluding hydrogens is 228 g/mol. The van der Waals surface area contributed by atoms with E-state index in [1.807, 2.05) is 0 Å². The molecule has 1 aromatic rings. The highest BCUT2D eigenvalue weighted by atomic mass is 35.5. The van der Waals surface area contributed by atoms with Crippen LogP contribution in [0.25, 0.3) is 0 Å². The van der Waals surface area contributed by atoms with Gasteiger partial charge in [-0.3, -0.25) is 4.79 Å². The van der Waals surface area contributed by atoms with Crippen LogP contribution in [0.15, 0.2) is 46.0 Å². The molecule has 0 aromatic heterocycles. The molecule has 4 nitrogen and oxygen atoms in total. The number of aliphatic hydroxyl groups is 1. The minimum atomic E-state index is -0.178. The van der Waals surface area contributed by atoms with Crippen molar-refractivity contribution in [3.63, 3.8) is 0 Å². The third kappa shape index (κ3) is 2.28.